The summed E-state index contributed by atoms with van der Waals surface area (Å²) in [6.07, 6.45) is 1.63. The van der Waals surface area contributed by atoms with Gasteiger partial charge in [0.25, 0.3) is 11.8 Å². The Labute approximate surface area is 161 Å². The molecule has 1 aliphatic rings. The van der Waals surface area contributed by atoms with E-state index in [1.165, 1.54) is 11.3 Å². The van der Waals surface area contributed by atoms with Crippen LogP contribution in [0.3, 0.4) is 0 Å². The van der Waals surface area contributed by atoms with Crippen LogP contribution in [0, 0.1) is 0 Å². The number of amides is 2. The van der Waals surface area contributed by atoms with E-state index in [1.54, 1.807) is 6.33 Å². The maximum Gasteiger partial charge on any atom is 0.261 e. The topological polar surface area (TPSA) is 81.3 Å². The molecule has 2 N–H and O–H groups in total. The number of hydrogen-bond acceptors (Lipinski definition) is 5. The number of piperazine rings is 1. The first-order valence-electron chi connectivity index (χ1n) is 8.97. The molecular formula is C19H21N5O2S. The van der Waals surface area contributed by atoms with Crippen molar-refractivity contribution in [2.75, 3.05) is 39.3 Å². The number of thiophene rings is 1. The lowest BCUT2D eigenvalue weighted by Crippen LogP contribution is -2.50. The predicted octanol–water partition coefficient (Wildman–Crippen LogP) is 1.81. The molecule has 1 fully saturated rings. The zero-order valence-corrected chi connectivity index (χ0v) is 15.7. The van der Waals surface area contributed by atoms with E-state index in [0.717, 1.165) is 35.5 Å². The summed E-state index contributed by atoms with van der Waals surface area (Å²) in [5, 5.41) is 4.84. The Balaban J connectivity index is 1.24. The third-order valence-electron chi connectivity index (χ3n) is 4.79. The first-order chi connectivity index (χ1) is 13.2. The monoisotopic (exact) mass is 383 g/mol. The normalized spacial score (nSPS) is 15.2. The second-order valence-corrected chi connectivity index (χ2v) is 7.45. The molecule has 1 aromatic carbocycles. The Morgan fingerprint density at radius 1 is 1.19 bits per heavy atom. The fraction of sp³-hybridized carbons (Fsp3) is 0.316. The number of aromatic nitrogens is 2. The lowest BCUT2D eigenvalue weighted by Gasteiger charge is -2.34. The minimum atomic E-state index is -0.0204. The summed E-state index contributed by atoms with van der Waals surface area (Å²) >= 11 is 1.44. The highest BCUT2D eigenvalue weighted by Crippen LogP contribution is 2.15. The van der Waals surface area contributed by atoms with E-state index in [-0.39, 0.29) is 11.8 Å². The van der Waals surface area contributed by atoms with Crippen molar-refractivity contribution in [3.8, 4) is 0 Å². The third-order valence-corrected chi connectivity index (χ3v) is 5.65. The molecule has 3 aromatic rings. The average Bonchev–Trinajstić information content (AvgIpc) is 3.39. The molecule has 27 heavy (non-hydrogen) atoms. The van der Waals surface area contributed by atoms with Gasteiger partial charge in [0.1, 0.15) is 0 Å². The van der Waals surface area contributed by atoms with Crippen molar-refractivity contribution in [2.24, 2.45) is 0 Å². The molecule has 0 saturated carbocycles. The Morgan fingerprint density at radius 2 is 2.04 bits per heavy atom. The molecule has 2 aromatic heterocycles. The zero-order chi connectivity index (χ0) is 18.6. The van der Waals surface area contributed by atoms with E-state index in [9.17, 15) is 9.59 Å². The highest BCUT2D eigenvalue weighted by atomic mass is 32.1. The van der Waals surface area contributed by atoms with E-state index in [2.05, 4.69) is 20.2 Å². The molecule has 0 spiro atoms. The van der Waals surface area contributed by atoms with Gasteiger partial charge < -0.3 is 15.2 Å². The number of rotatable bonds is 5. The molecule has 0 radical (unpaired) electrons. The van der Waals surface area contributed by atoms with Gasteiger partial charge in [0.05, 0.1) is 22.2 Å². The van der Waals surface area contributed by atoms with Crippen molar-refractivity contribution in [1.82, 2.24) is 25.1 Å². The number of nitrogens with one attached hydrogen (secondary N) is 2. The molecule has 0 bridgehead atoms. The molecule has 4 rings (SSSR count). The first-order valence-corrected chi connectivity index (χ1v) is 9.85. The number of H-pyrrole nitrogens is 1. The third kappa shape index (κ3) is 4.01. The van der Waals surface area contributed by atoms with Gasteiger partial charge >= 0.3 is 0 Å². The van der Waals surface area contributed by atoms with Crippen molar-refractivity contribution in [1.29, 1.82) is 0 Å². The SMILES string of the molecule is O=C(NCCN1CCN(C(=O)c2ccc3nc[nH]c3c2)CC1)c1cccs1. The number of carbonyl (C=O) groups excluding carboxylic acids is 2. The van der Waals surface area contributed by atoms with Gasteiger partial charge in [0.15, 0.2) is 0 Å². The molecule has 140 valence electrons. The maximum atomic E-state index is 12.7. The summed E-state index contributed by atoms with van der Waals surface area (Å²) < 4.78 is 0. The minimum absolute atomic E-state index is 0.0204. The number of carbonyl (C=O) groups is 2. The highest BCUT2D eigenvalue weighted by molar-refractivity contribution is 7.12. The fourth-order valence-electron chi connectivity index (χ4n) is 3.25. The van der Waals surface area contributed by atoms with Crippen molar-refractivity contribution < 1.29 is 9.59 Å². The molecule has 1 aliphatic heterocycles. The quantitative estimate of drug-likeness (QED) is 0.704. The van der Waals surface area contributed by atoms with Crippen LogP contribution in [0.15, 0.2) is 42.0 Å². The van der Waals surface area contributed by atoms with E-state index < -0.39 is 0 Å². The van der Waals surface area contributed by atoms with Crippen molar-refractivity contribution in [2.45, 2.75) is 0 Å². The molecule has 1 saturated heterocycles. The van der Waals surface area contributed by atoms with Crippen LogP contribution in [0.5, 0.6) is 0 Å². The average molecular weight is 383 g/mol. The molecule has 0 atom stereocenters. The molecule has 2 amide bonds. The number of fused-ring (bicyclic) bond motifs is 1. The van der Waals surface area contributed by atoms with Crippen LogP contribution in [0.1, 0.15) is 20.0 Å². The van der Waals surface area contributed by atoms with Gasteiger partial charge in [0, 0.05) is 44.8 Å². The second-order valence-electron chi connectivity index (χ2n) is 6.50. The highest BCUT2D eigenvalue weighted by Gasteiger charge is 2.22. The summed E-state index contributed by atoms with van der Waals surface area (Å²) in [4.78, 5) is 36.8. The summed E-state index contributed by atoms with van der Waals surface area (Å²) in [5.41, 5.74) is 2.42. The van der Waals surface area contributed by atoms with Crippen LogP contribution >= 0.6 is 11.3 Å². The van der Waals surface area contributed by atoms with Gasteiger partial charge in [-0.1, -0.05) is 6.07 Å². The van der Waals surface area contributed by atoms with E-state index >= 15 is 0 Å². The van der Waals surface area contributed by atoms with Gasteiger partial charge in [-0.3, -0.25) is 14.5 Å². The van der Waals surface area contributed by atoms with Crippen molar-refractivity contribution in [3.05, 3.63) is 52.5 Å². The van der Waals surface area contributed by atoms with Crippen LogP contribution in [0.25, 0.3) is 11.0 Å². The molecule has 8 heteroatoms. The standard InChI is InChI=1S/C19H21N5O2S/c25-18(17-2-1-11-27-17)20-5-6-23-7-9-24(10-8-23)19(26)14-3-4-15-16(12-14)22-13-21-15/h1-4,11-13H,5-10H2,(H,20,25)(H,21,22). The Bertz CT molecular complexity index is 929. The maximum absolute atomic E-state index is 12.7. The van der Waals surface area contributed by atoms with Crippen LogP contribution in [-0.2, 0) is 0 Å². The number of imidazole rings is 1. The summed E-state index contributed by atoms with van der Waals surface area (Å²) in [6.45, 7) is 4.41. The number of nitrogens with zero attached hydrogens (tertiary/aromatic N) is 3. The van der Waals surface area contributed by atoms with Crippen molar-refractivity contribution in [3.63, 3.8) is 0 Å². The van der Waals surface area contributed by atoms with Crippen LogP contribution in [-0.4, -0.2) is 70.9 Å². The number of hydrogen-bond donors (Lipinski definition) is 2. The molecule has 0 aliphatic carbocycles. The van der Waals surface area contributed by atoms with Gasteiger partial charge in [0.2, 0.25) is 0 Å². The Kier molecular flexibility index (Phi) is 5.17. The van der Waals surface area contributed by atoms with Gasteiger partial charge in [-0.15, -0.1) is 11.3 Å². The van der Waals surface area contributed by atoms with E-state index in [4.69, 9.17) is 0 Å². The Morgan fingerprint density at radius 3 is 2.81 bits per heavy atom. The van der Waals surface area contributed by atoms with E-state index in [0.29, 0.717) is 25.2 Å². The molecule has 7 nitrogen and oxygen atoms in total. The van der Waals surface area contributed by atoms with Gasteiger partial charge in [-0.2, -0.15) is 0 Å². The van der Waals surface area contributed by atoms with Crippen LogP contribution < -0.4 is 5.32 Å². The number of benzene rings is 1. The van der Waals surface area contributed by atoms with E-state index in [1.807, 2.05) is 40.6 Å². The molecular weight excluding hydrogens is 362 g/mol. The second kappa shape index (κ2) is 7.89. The van der Waals surface area contributed by atoms with Crippen molar-refractivity contribution >= 4 is 34.2 Å². The predicted molar refractivity (Wildman–Crippen MR) is 105 cm³/mol. The Hall–Kier alpha value is -2.71. The first kappa shape index (κ1) is 17.7. The molecule has 3 heterocycles. The summed E-state index contributed by atoms with van der Waals surface area (Å²) in [5.74, 6) is 0.0326. The van der Waals surface area contributed by atoms with Crippen LogP contribution in [0.2, 0.25) is 0 Å². The lowest BCUT2D eigenvalue weighted by molar-refractivity contribution is 0.0638. The van der Waals surface area contributed by atoms with Gasteiger partial charge in [-0.25, -0.2) is 4.98 Å². The lowest BCUT2D eigenvalue weighted by atomic mass is 10.1. The van der Waals surface area contributed by atoms with Gasteiger partial charge in [-0.05, 0) is 29.6 Å². The summed E-state index contributed by atoms with van der Waals surface area (Å²) in [7, 11) is 0. The molecule has 0 unspecified atom stereocenters. The smallest absolute Gasteiger partial charge is 0.261 e. The van der Waals surface area contributed by atoms with Crippen LogP contribution in [0.4, 0.5) is 0 Å². The zero-order valence-electron chi connectivity index (χ0n) is 14.9. The summed E-state index contributed by atoms with van der Waals surface area (Å²) in [6, 6.07) is 9.26. The fourth-order valence-corrected chi connectivity index (χ4v) is 3.89. The largest absolute Gasteiger partial charge is 0.350 e. The number of aromatic amines is 1. The minimum Gasteiger partial charge on any atom is -0.350 e.